The van der Waals surface area contributed by atoms with Gasteiger partial charge in [-0.1, -0.05) is 37.5 Å². The maximum Gasteiger partial charge on any atom is 0.243 e. The van der Waals surface area contributed by atoms with Gasteiger partial charge in [0, 0.05) is 43.9 Å². The number of hydrogen-bond donors (Lipinski definition) is 1. The summed E-state index contributed by atoms with van der Waals surface area (Å²) in [6.07, 6.45) is 8.64. The average molecular weight is 431 g/mol. The number of rotatable bonds is 4. The van der Waals surface area contributed by atoms with E-state index < -0.39 is 11.6 Å². The zero-order chi connectivity index (χ0) is 22.1. The summed E-state index contributed by atoms with van der Waals surface area (Å²) in [7, 11) is 0. The van der Waals surface area contributed by atoms with Crippen LogP contribution in [0.3, 0.4) is 0 Å². The Morgan fingerprint density at radius 1 is 1.19 bits per heavy atom. The van der Waals surface area contributed by atoms with Crippen molar-refractivity contribution >= 4 is 5.91 Å². The van der Waals surface area contributed by atoms with E-state index in [4.69, 9.17) is 5.26 Å². The van der Waals surface area contributed by atoms with Gasteiger partial charge in [0.1, 0.15) is 5.54 Å². The molecule has 3 aliphatic rings. The van der Waals surface area contributed by atoms with Crippen LogP contribution >= 0.6 is 0 Å². The number of aromatic nitrogens is 1. The molecule has 1 aliphatic carbocycles. The lowest BCUT2D eigenvalue weighted by Gasteiger charge is -2.36. The summed E-state index contributed by atoms with van der Waals surface area (Å²) in [6.45, 7) is 1.93. The lowest BCUT2D eigenvalue weighted by Crippen LogP contribution is -2.51. The van der Waals surface area contributed by atoms with Gasteiger partial charge in [0.25, 0.3) is 0 Å². The third-order valence-corrected chi connectivity index (χ3v) is 7.54. The Bertz CT molecular complexity index is 1020. The van der Waals surface area contributed by atoms with Crippen LogP contribution in [0.5, 0.6) is 0 Å². The lowest BCUT2D eigenvalue weighted by atomic mass is 9.92. The van der Waals surface area contributed by atoms with Gasteiger partial charge in [-0.25, -0.2) is 0 Å². The number of carbonyl (C=O) groups is 1. The molecule has 3 fully saturated rings. The van der Waals surface area contributed by atoms with Gasteiger partial charge in [0.2, 0.25) is 5.91 Å². The van der Waals surface area contributed by atoms with E-state index in [-0.39, 0.29) is 5.91 Å². The Kier molecular flexibility index (Phi) is 5.71. The summed E-state index contributed by atoms with van der Waals surface area (Å²) in [5, 5.41) is 19.6. The summed E-state index contributed by atoms with van der Waals surface area (Å²) in [5.74, 6) is 0.221. The van der Waals surface area contributed by atoms with E-state index in [2.05, 4.69) is 20.9 Å². The third-order valence-electron chi connectivity index (χ3n) is 7.54. The van der Waals surface area contributed by atoms with Crippen molar-refractivity contribution in [1.29, 1.82) is 5.26 Å². The van der Waals surface area contributed by atoms with Gasteiger partial charge < -0.3 is 10.0 Å². The maximum atomic E-state index is 13.6. The molecule has 1 spiro atoms. The molecule has 2 aromatic rings. The minimum atomic E-state index is -0.573. The van der Waals surface area contributed by atoms with E-state index in [1.165, 1.54) is 19.3 Å². The number of aliphatic hydroxyl groups is 1. The van der Waals surface area contributed by atoms with Gasteiger partial charge in [-0.05, 0) is 43.0 Å². The molecule has 1 N–H and O–H groups in total. The summed E-state index contributed by atoms with van der Waals surface area (Å²) >= 11 is 0. The SMILES string of the molecule is N#Cc1cccc(-c2ccc(CN3C[C@H](O)CC34CCN(C3CCCCC3)C4=O)cn2)c1. The molecule has 0 radical (unpaired) electrons. The van der Waals surface area contributed by atoms with E-state index in [1.54, 1.807) is 6.07 Å². The first kappa shape index (κ1) is 21.1. The number of nitrogens with zero attached hydrogens (tertiary/aromatic N) is 4. The van der Waals surface area contributed by atoms with Crippen molar-refractivity contribution in [3.05, 3.63) is 53.7 Å². The van der Waals surface area contributed by atoms with E-state index in [1.807, 2.05) is 36.5 Å². The highest BCUT2D eigenvalue weighted by Gasteiger charge is 2.56. The van der Waals surface area contributed by atoms with Crippen molar-refractivity contribution in [3.63, 3.8) is 0 Å². The largest absolute Gasteiger partial charge is 0.392 e. The number of hydrogen-bond acceptors (Lipinski definition) is 5. The van der Waals surface area contributed by atoms with Crippen LogP contribution < -0.4 is 0 Å². The number of aliphatic hydroxyl groups excluding tert-OH is 1. The second kappa shape index (κ2) is 8.65. The van der Waals surface area contributed by atoms with Crippen LogP contribution in [0.15, 0.2) is 42.6 Å². The van der Waals surface area contributed by atoms with Crippen LogP contribution in [0.1, 0.15) is 56.1 Å². The molecule has 5 rings (SSSR count). The predicted molar refractivity (Wildman–Crippen MR) is 121 cm³/mol. The minimum Gasteiger partial charge on any atom is -0.392 e. The predicted octanol–water partition coefficient (Wildman–Crippen LogP) is 3.49. The van der Waals surface area contributed by atoms with Gasteiger partial charge in [-0.15, -0.1) is 0 Å². The summed E-state index contributed by atoms with van der Waals surface area (Å²) < 4.78 is 0. The number of carbonyl (C=O) groups excluding carboxylic acids is 1. The molecule has 3 heterocycles. The van der Waals surface area contributed by atoms with Gasteiger partial charge in [0.05, 0.1) is 23.4 Å². The van der Waals surface area contributed by atoms with Gasteiger partial charge >= 0.3 is 0 Å². The van der Waals surface area contributed by atoms with Gasteiger partial charge in [0.15, 0.2) is 0 Å². The van der Waals surface area contributed by atoms with Crippen LogP contribution in [0, 0.1) is 11.3 Å². The fourth-order valence-electron chi connectivity index (χ4n) is 5.89. The Labute approximate surface area is 189 Å². The smallest absolute Gasteiger partial charge is 0.243 e. The molecule has 32 heavy (non-hydrogen) atoms. The summed E-state index contributed by atoms with van der Waals surface area (Å²) in [5.41, 5.74) is 2.81. The Hall–Kier alpha value is -2.75. The van der Waals surface area contributed by atoms with Crippen molar-refractivity contribution in [1.82, 2.24) is 14.8 Å². The van der Waals surface area contributed by atoms with Crippen LogP contribution in [0.2, 0.25) is 0 Å². The molecule has 1 unspecified atom stereocenters. The second-order valence-electron chi connectivity index (χ2n) is 9.55. The number of β-amino-alcohol motifs (C(OH)–C–C–N with tert-alkyl or cyclic N) is 1. The number of nitriles is 1. The van der Waals surface area contributed by atoms with Crippen molar-refractivity contribution in [2.24, 2.45) is 0 Å². The first-order chi connectivity index (χ1) is 15.6. The molecule has 1 aromatic heterocycles. The first-order valence-corrected chi connectivity index (χ1v) is 11.8. The fraction of sp³-hybridized carbons (Fsp3) is 0.500. The van der Waals surface area contributed by atoms with E-state index in [9.17, 15) is 9.90 Å². The molecule has 1 saturated carbocycles. The topological polar surface area (TPSA) is 80.5 Å². The summed E-state index contributed by atoms with van der Waals surface area (Å²) in [4.78, 5) is 22.5. The zero-order valence-corrected chi connectivity index (χ0v) is 18.4. The molecule has 1 aromatic carbocycles. The number of pyridine rings is 1. The zero-order valence-electron chi connectivity index (χ0n) is 18.4. The Balaban J connectivity index is 1.33. The van der Waals surface area contributed by atoms with E-state index in [0.717, 1.165) is 42.6 Å². The molecule has 0 bridgehead atoms. The van der Waals surface area contributed by atoms with Gasteiger partial charge in [-0.3, -0.25) is 14.7 Å². The van der Waals surface area contributed by atoms with E-state index >= 15 is 0 Å². The Morgan fingerprint density at radius 3 is 2.78 bits per heavy atom. The van der Waals surface area contributed by atoms with Crippen LogP contribution in [-0.2, 0) is 11.3 Å². The number of likely N-dealkylation sites (tertiary alicyclic amines) is 2. The molecule has 166 valence electrons. The highest BCUT2D eigenvalue weighted by molar-refractivity contribution is 5.89. The Morgan fingerprint density at radius 2 is 2.03 bits per heavy atom. The highest BCUT2D eigenvalue weighted by atomic mass is 16.3. The molecule has 2 atom stereocenters. The minimum absolute atomic E-state index is 0.221. The molecular formula is C26H30N4O2. The van der Waals surface area contributed by atoms with Crippen molar-refractivity contribution in [2.75, 3.05) is 13.1 Å². The van der Waals surface area contributed by atoms with Crippen molar-refractivity contribution in [3.8, 4) is 17.3 Å². The molecule has 6 heteroatoms. The van der Waals surface area contributed by atoms with Crippen LogP contribution in [0.4, 0.5) is 0 Å². The first-order valence-electron chi connectivity index (χ1n) is 11.8. The van der Waals surface area contributed by atoms with Gasteiger partial charge in [-0.2, -0.15) is 5.26 Å². The second-order valence-corrected chi connectivity index (χ2v) is 9.55. The van der Waals surface area contributed by atoms with Crippen molar-refractivity contribution < 1.29 is 9.90 Å². The average Bonchev–Trinajstić information content (AvgIpc) is 3.33. The molecule has 6 nitrogen and oxygen atoms in total. The van der Waals surface area contributed by atoms with Crippen LogP contribution in [-0.4, -0.2) is 56.6 Å². The van der Waals surface area contributed by atoms with Crippen LogP contribution in [0.25, 0.3) is 11.3 Å². The fourth-order valence-corrected chi connectivity index (χ4v) is 5.89. The normalized spacial score (nSPS) is 26.7. The standard InChI is InChI=1S/C26H30N4O2/c27-15-19-5-4-6-21(13-19)24-10-9-20(16-28-24)17-29-18-23(31)14-26(29)11-12-30(25(26)32)22-7-2-1-3-8-22/h4-6,9-10,13,16,22-23,31H,1-3,7-8,11-12,14,17-18H2/t23-,26?/m1/s1. The molecule has 2 saturated heterocycles. The highest BCUT2D eigenvalue weighted by Crippen LogP contribution is 2.42. The van der Waals surface area contributed by atoms with Crippen molar-refractivity contribution in [2.45, 2.75) is 69.2 Å². The quantitative estimate of drug-likeness (QED) is 0.803. The number of benzene rings is 1. The maximum absolute atomic E-state index is 13.6. The van der Waals surface area contributed by atoms with E-state index in [0.29, 0.717) is 31.1 Å². The number of amides is 1. The monoisotopic (exact) mass is 430 g/mol. The molecule has 1 amide bonds. The molecular weight excluding hydrogens is 400 g/mol. The molecule has 2 aliphatic heterocycles. The third kappa shape index (κ3) is 3.80. The summed E-state index contributed by atoms with van der Waals surface area (Å²) in [6, 6.07) is 14.0. The lowest BCUT2D eigenvalue weighted by molar-refractivity contribution is -0.139.